The number of hydrogen-bond acceptors (Lipinski definition) is 4. The highest BCUT2D eigenvalue weighted by molar-refractivity contribution is 5.89. The normalized spacial score (nSPS) is 18.3. The fourth-order valence-corrected chi connectivity index (χ4v) is 3.42. The molecule has 0 aliphatic carbocycles. The van der Waals surface area contributed by atoms with Crippen LogP contribution in [0.1, 0.15) is 42.6 Å². The van der Waals surface area contributed by atoms with Crippen LogP contribution >= 0.6 is 0 Å². The van der Waals surface area contributed by atoms with E-state index in [0.717, 1.165) is 49.4 Å². The van der Waals surface area contributed by atoms with Gasteiger partial charge in [-0.2, -0.15) is 10.4 Å². The molecule has 0 spiro atoms. The molecule has 24 heavy (non-hydrogen) atoms. The molecule has 1 aliphatic rings. The van der Waals surface area contributed by atoms with E-state index in [0.29, 0.717) is 11.6 Å². The Morgan fingerprint density at radius 2 is 2.42 bits per heavy atom. The van der Waals surface area contributed by atoms with Gasteiger partial charge in [0.1, 0.15) is 11.8 Å². The predicted octanol–water partition coefficient (Wildman–Crippen LogP) is 1.96. The highest BCUT2D eigenvalue weighted by atomic mass is 16.1. The highest BCUT2D eigenvalue weighted by Gasteiger charge is 2.25. The van der Waals surface area contributed by atoms with Crippen LogP contribution in [0.2, 0.25) is 0 Å². The zero-order valence-corrected chi connectivity index (χ0v) is 14.0. The Hall–Kier alpha value is -2.59. The Balaban J connectivity index is 1.69. The van der Waals surface area contributed by atoms with Crippen molar-refractivity contribution in [1.29, 1.82) is 5.26 Å². The summed E-state index contributed by atoms with van der Waals surface area (Å²) in [4.78, 5) is 13.7. The van der Waals surface area contributed by atoms with Gasteiger partial charge in [-0.25, -0.2) is 0 Å². The van der Waals surface area contributed by atoms with Gasteiger partial charge in [-0.15, -0.1) is 0 Å². The fourth-order valence-electron chi connectivity index (χ4n) is 3.42. The van der Waals surface area contributed by atoms with Crippen molar-refractivity contribution in [3.63, 3.8) is 0 Å². The Kier molecular flexibility index (Phi) is 4.67. The lowest BCUT2D eigenvalue weighted by Crippen LogP contribution is -2.34. The van der Waals surface area contributed by atoms with E-state index < -0.39 is 0 Å². The quantitative estimate of drug-likeness (QED) is 0.899. The van der Waals surface area contributed by atoms with Crippen molar-refractivity contribution in [2.45, 2.75) is 32.2 Å². The number of hydrogen-bond donors (Lipinski definition) is 2. The zero-order valence-electron chi connectivity index (χ0n) is 14.0. The molecular formula is C17H22N6O. The topological polar surface area (TPSA) is 89.7 Å². The number of rotatable bonds is 4. The number of carbonyl (C=O) groups is 1. The van der Waals surface area contributed by atoms with E-state index in [4.69, 9.17) is 5.26 Å². The molecule has 1 aliphatic heterocycles. The van der Waals surface area contributed by atoms with Gasteiger partial charge in [0.15, 0.2) is 0 Å². The van der Waals surface area contributed by atoms with Gasteiger partial charge in [-0.3, -0.25) is 14.8 Å². The Labute approximate surface area is 141 Å². The van der Waals surface area contributed by atoms with Crippen LogP contribution in [0.5, 0.6) is 0 Å². The maximum absolute atomic E-state index is 11.3. The molecule has 2 aromatic rings. The molecular weight excluding hydrogens is 304 g/mol. The first kappa shape index (κ1) is 16.3. The Morgan fingerprint density at radius 3 is 3.12 bits per heavy atom. The maximum atomic E-state index is 11.3. The van der Waals surface area contributed by atoms with Crippen LogP contribution in [0.15, 0.2) is 18.5 Å². The monoisotopic (exact) mass is 326 g/mol. The molecule has 0 saturated carbocycles. The van der Waals surface area contributed by atoms with E-state index in [2.05, 4.69) is 26.5 Å². The van der Waals surface area contributed by atoms with E-state index >= 15 is 0 Å². The molecule has 3 heterocycles. The number of nitrogens with zero attached hydrogens (tertiary/aromatic N) is 4. The van der Waals surface area contributed by atoms with Crippen LogP contribution < -0.4 is 5.32 Å². The third-order valence-corrected chi connectivity index (χ3v) is 4.48. The van der Waals surface area contributed by atoms with Gasteiger partial charge in [0.25, 0.3) is 0 Å². The zero-order chi connectivity index (χ0) is 17.1. The molecule has 0 aromatic carbocycles. The first-order valence-corrected chi connectivity index (χ1v) is 8.15. The van der Waals surface area contributed by atoms with Crippen molar-refractivity contribution < 1.29 is 4.79 Å². The van der Waals surface area contributed by atoms with Crippen LogP contribution in [-0.2, 0) is 18.4 Å². The number of anilines is 1. The number of aromatic amines is 1. The molecule has 0 bridgehead atoms. The molecule has 2 N–H and O–H groups in total. The second kappa shape index (κ2) is 6.89. The Morgan fingerprint density at radius 1 is 1.58 bits per heavy atom. The fraction of sp³-hybridized carbons (Fsp3) is 0.471. The maximum Gasteiger partial charge on any atom is 0.221 e. The van der Waals surface area contributed by atoms with Crippen LogP contribution in [0, 0.1) is 11.3 Å². The van der Waals surface area contributed by atoms with Crippen LogP contribution in [0.25, 0.3) is 0 Å². The number of likely N-dealkylation sites (tertiary alicyclic amines) is 1. The molecule has 2 aromatic heterocycles. The minimum Gasteiger partial charge on any atom is -0.342 e. The third kappa shape index (κ3) is 3.49. The van der Waals surface area contributed by atoms with Crippen LogP contribution in [-0.4, -0.2) is 38.7 Å². The lowest BCUT2D eigenvalue weighted by molar-refractivity contribution is -0.114. The SMILES string of the molecule is CC(=O)Nc1cn[nH]c1C1CCCN(Cc2cc(C#N)n(C)c2)C1. The number of nitriles is 1. The van der Waals surface area contributed by atoms with E-state index in [1.807, 2.05) is 23.9 Å². The van der Waals surface area contributed by atoms with Crippen molar-refractivity contribution in [2.75, 3.05) is 18.4 Å². The van der Waals surface area contributed by atoms with E-state index in [1.165, 1.54) is 6.92 Å². The molecule has 1 amide bonds. The minimum absolute atomic E-state index is 0.0846. The summed E-state index contributed by atoms with van der Waals surface area (Å²) in [6.45, 7) is 4.28. The second-order valence-electron chi connectivity index (χ2n) is 6.41. The summed E-state index contributed by atoms with van der Waals surface area (Å²) >= 11 is 0. The number of H-pyrrole nitrogens is 1. The summed E-state index contributed by atoms with van der Waals surface area (Å²) in [7, 11) is 1.89. The summed E-state index contributed by atoms with van der Waals surface area (Å²) in [6, 6.07) is 4.15. The number of aryl methyl sites for hydroxylation is 1. The molecule has 1 unspecified atom stereocenters. The van der Waals surface area contributed by atoms with Crippen LogP contribution in [0.4, 0.5) is 5.69 Å². The van der Waals surface area contributed by atoms with Gasteiger partial charge in [0.2, 0.25) is 5.91 Å². The van der Waals surface area contributed by atoms with Crippen molar-refractivity contribution in [2.24, 2.45) is 7.05 Å². The summed E-state index contributed by atoms with van der Waals surface area (Å²) in [5.41, 5.74) is 3.61. The lowest BCUT2D eigenvalue weighted by atomic mass is 9.94. The number of carbonyl (C=O) groups excluding carboxylic acids is 1. The molecule has 1 saturated heterocycles. The smallest absolute Gasteiger partial charge is 0.221 e. The average molecular weight is 326 g/mol. The summed E-state index contributed by atoms with van der Waals surface area (Å²) in [5, 5.41) is 19.1. The van der Waals surface area contributed by atoms with Gasteiger partial charge >= 0.3 is 0 Å². The standard InChI is InChI=1S/C17H22N6O/c1-12(24)20-16-8-19-21-17(16)14-4-3-5-23(11-14)10-13-6-15(7-18)22(2)9-13/h6,8-9,14H,3-5,10-11H2,1-2H3,(H,19,21)(H,20,24). The first-order chi connectivity index (χ1) is 11.6. The van der Waals surface area contributed by atoms with Crippen molar-refractivity contribution >= 4 is 11.6 Å². The summed E-state index contributed by atoms with van der Waals surface area (Å²) in [6.07, 6.45) is 5.86. The van der Waals surface area contributed by atoms with Gasteiger partial charge in [0, 0.05) is 39.2 Å². The molecule has 1 atom stereocenters. The number of piperidine rings is 1. The first-order valence-electron chi connectivity index (χ1n) is 8.15. The molecule has 126 valence electrons. The predicted molar refractivity (Wildman–Crippen MR) is 90.3 cm³/mol. The number of amides is 1. The Bertz CT molecular complexity index is 768. The lowest BCUT2D eigenvalue weighted by Gasteiger charge is -2.32. The highest BCUT2D eigenvalue weighted by Crippen LogP contribution is 2.31. The van der Waals surface area contributed by atoms with Crippen molar-refractivity contribution in [3.05, 3.63) is 35.4 Å². The van der Waals surface area contributed by atoms with E-state index in [-0.39, 0.29) is 5.91 Å². The van der Waals surface area contributed by atoms with Gasteiger partial charge in [0.05, 0.1) is 17.6 Å². The van der Waals surface area contributed by atoms with Gasteiger partial charge < -0.3 is 9.88 Å². The number of aromatic nitrogens is 3. The minimum atomic E-state index is -0.0846. The molecule has 7 nitrogen and oxygen atoms in total. The van der Waals surface area contributed by atoms with Gasteiger partial charge in [-0.1, -0.05) is 0 Å². The summed E-state index contributed by atoms with van der Waals surface area (Å²) < 4.78 is 1.86. The number of nitrogens with one attached hydrogen (secondary N) is 2. The molecule has 0 radical (unpaired) electrons. The largest absolute Gasteiger partial charge is 0.342 e. The second-order valence-corrected chi connectivity index (χ2v) is 6.41. The third-order valence-electron chi connectivity index (χ3n) is 4.48. The average Bonchev–Trinajstić information content (AvgIpc) is 3.13. The van der Waals surface area contributed by atoms with Crippen LogP contribution in [0.3, 0.4) is 0 Å². The molecule has 7 heteroatoms. The van der Waals surface area contributed by atoms with Crippen molar-refractivity contribution in [3.8, 4) is 6.07 Å². The van der Waals surface area contributed by atoms with E-state index in [1.54, 1.807) is 6.20 Å². The summed E-state index contributed by atoms with van der Waals surface area (Å²) in [5.74, 6) is 0.237. The van der Waals surface area contributed by atoms with Crippen molar-refractivity contribution in [1.82, 2.24) is 19.7 Å². The van der Waals surface area contributed by atoms with Gasteiger partial charge in [-0.05, 0) is 31.0 Å². The molecule has 1 fully saturated rings. The molecule has 3 rings (SSSR count). The van der Waals surface area contributed by atoms with E-state index in [9.17, 15) is 4.79 Å².